The fourth-order valence-electron chi connectivity index (χ4n) is 3.87. The Morgan fingerprint density at radius 2 is 1.21 bits per heavy atom. The summed E-state index contributed by atoms with van der Waals surface area (Å²) in [7, 11) is -1.54. The van der Waals surface area contributed by atoms with E-state index >= 15 is 0 Å². The first kappa shape index (κ1) is 37.3. The fourth-order valence-corrected chi connectivity index (χ4v) is 5.10. The van der Waals surface area contributed by atoms with E-state index in [1.165, 1.54) is 12.3 Å². The van der Waals surface area contributed by atoms with Gasteiger partial charge in [0.25, 0.3) is 0 Å². The van der Waals surface area contributed by atoms with Crippen LogP contribution in [-0.4, -0.2) is 52.1 Å². The highest BCUT2D eigenvalue weighted by Crippen LogP contribution is 2.31. The van der Waals surface area contributed by atoms with E-state index in [9.17, 15) is 0 Å². The van der Waals surface area contributed by atoms with E-state index in [1.807, 2.05) is 18.2 Å². The van der Waals surface area contributed by atoms with Crippen molar-refractivity contribution in [2.75, 3.05) is 11.5 Å². The number of hydrogen-bond acceptors (Lipinski definition) is 10. The van der Waals surface area contributed by atoms with Gasteiger partial charge in [-0.05, 0) is 71.1 Å². The summed E-state index contributed by atoms with van der Waals surface area (Å²) in [4.78, 5) is 26.8. The van der Waals surface area contributed by atoms with Gasteiger partial charge in [0, 0.05) is 75.9 Å². The summed E-state index contributed by atoms with van der Waals surface area (Å²) in [6, 6.07) is 15.6. The SMILES string of the molecule is Clc1cc2[nH]c3ncccc3c2cn1.Nc1cc(Cl)ncc1-c1cccnc1Cl.Nc1cc(Cl)ncc1I.OB(O)c1cccnc1Cl. The number of aromatic nitrogens is 7. The van der Waals surface area contributed by atoms with E-state index in [2.05, 4.69) is 57.5 Å². The number of halogens is 6. The van der Waals surface area contributed by atoms with Crippen molar-refractivity contribution < 1.29 is 10.0 Å². The summed E-state index contributed by atoms with van der Waals surface area (Å²) >= 11 is 30.5. The molecule has 0 atom stereocenters. The number of H-pyrrole nitrogens is 1. The molecule has 11 nitrogen and oxygen atoms in total. The van der Waals surface area contributed by atoms with Crippen molar-refractivity contribution in [1.82, 2.24) is 34.9 Å². The number of pyridine rings is 6. The van der Waals surface area contributed by atoms with E-state index in [4.69, 9.17) is 79.5 Å². The van der Waals surface area contributed by atoms with E-state index in [0.29, 0.717) is 32.0 Å². The van der Waals surface area contributed by atoms with Crippen molar-refractivity contribution in [3.05, 3.63) is 121 Å². The average Bonchev–Trinajstić information content (AvgIpc) is 3.42. The van der Waals surface area contributed by atoms with Crippen molar-refractivity contribution in [2.24, 2.45) is 0 Å². The second-order valence-corrected chi connectivity index (χ2v) is 12.3. The second kappa shape index (κ2) is 17.7. The van der Waals surface area contributed by atoms with Gasteiger partial charge >= 0.3 is 7.12 Å². The van der Waals surface area contributed by atoms with Gasteiger partial charge < -0.3 is 26.5 Å². The fraction of sp³-hybridized carbons (Fsp3) is 0. The van der Waals surface area contributed by atoms with Crippen LogP contribution in [-0.2, 0) is 0 Å². The Labute approximate surface area is 313 Å². The van der Waals surface area contributed by atoms with Crippen LogP contribution in [0.2, 0.25) is 25.8 Å². The molecule has 0 saturated carbocycles. The van der Waals surface area contributed by atoms with Gasteiger partial charge in [0.2, 0.25) is 0 Å². The monoisotopic (exact) mass is 853 g/mol. The van der Waals surface area contributed by atoms with Crippen LogP contribution in [0.25, 0.3) is 33.1 Å². The molecule has 7 aromatic heterocycles. The first-order valence-corrected chi connectivity index (χ1v) is 16.3. The normalized spacial score (nSPS) is 10.2. The van der Waals surface area contributed by atoms with Gasteiger partial charge in [0.05, 0.1) is 9.09 Å². The lowest BCUT2D eigenvalue weighted by Crippen LogP contribution is -2.31. The van der Waals surface area contributed by atoms with Crippen molar-refractivity contribution in [3.63, 3.8) is 0 Å². The van der Waals surface area contributed by atoms with E-state index in [0.717, 1.165) is 36.6 Å². The average molecular weight is 856 g/mol. The highest BCUT2D eigenvalue weighted by Gasteiger charge is 2.14. The smallest absolute Gasteiger partial charge is 0.423 e. The molecule has 244 valence electrons. The minimum Gasteiger partial charge on any atom is -0.423 e. The molecule has 7 aromatic rings. The van der Waals surface area contributed by atoms with Crippen LogP contribution in [0.5, 0.6) is 0 Å². The zero-order valence-electron chi connectivity index (χ0n) is 24.2. The molecule has 0 fully saturated rings. The zero-order chi connectivity index (χ0) is 34.8. The molecule has 48 heavy (non-hydrogen) atoms. The van der Waals surface area contributed by atoms with Crippen molar-refractivity contribution in [1.29, 1.82) is 0 Å². The molecule has 0 aromatic carbocycles. The van der Waals surface area contributed by atoms with Gasteiger partial charge in [0.1, 0.15) is 31.4 Å². The first-order chi connectivity index (χ1) is 22.9. The minimum absolute atomic E-state index is 0.123. The molecule has 0 saturated heterocycles. The third kappa shape index (κ3) is 10.2. The number of hydrogen-bond donors (Lipinski definition) is 5. The van der Waals surface area contributed by atoms with Gasteiger partial charge in [-0.25, -0.2) is 29.9 Å². The molecule has 0 bridgehead atoms. The molecule has 0 aliphatic heterocycles. The summed E-state index contributed by atoms with van der Waals surface area (Å²) in [5.41, 5.74) is 16.1. The Morgan fingerprint density at radius 1 is 0.625 bits per heavy atom. The van der Waals surface area contributed by atoms with Gasteiger partial charge in [-0.2, -0.15) is 0 Å². The highest BCUT2D eigenvalue weighted by atomic mass is 127. The van der Waals surface area contributed by atoms with Gasteiger partial charge in [0.15, 0.2) is 0 Å². The van der Waals surface area contributed by atoms with E-state index in [-0.39, 0.29) is 10.6 Å². The molecule has 0 radical (unpaired) electrons. The molecule has 0 aliphatic rings. The lowest BCUT2D eigenvalue weighted by Gasteiger charge is -2.06. The van der Waals surface area contributed by atoms with Crippen LogP contribution < -0.4 is 16.9 Å². The maximum atomic E-state index is 8.64. The zero-order valence-corrected chi connectivity index (χ0v) is 30.2. The maximum Gasteiger partial charge on any atom is 0.491 e. The number of anilines is 2. The Hall–Kier alpha value is -3.54. The van der Waals surface area contributed by atoms with Gasteiger partial charge in [-0.3, -0.25) is 0 Å². The number of fused-ring (bicyclic) bond motifs is 3. The van der Waals surface area contributed by atoms with Crippen LogP contribution in [0.3, 0.4) is 0 Å². The first-order valence-electron chi connectivity index (χ1n) is 13.4. The maximum absolute atomic E-state index is 8.64. The summed E-state index contributed by atoms with van der Waals surface area (Å²) in [5, 5.41) is 21.2. The summed E-state index contributed by atoms with van der Waals surface area (Å²) in [6.07, 6.45) is 9.84. The highest BCUT2D eigenvalue weighted by molar-refractivity contribution is 14.1. The predicted octanol–water partition coefficient (Wildman–Crippen LogP) is 7.13. The molecule has 0 amide bonds. The molecule has 0 spiro atoms. The van der Waals surface area contributed by atoms with Crippen molar-refractivity contribution >= 4 is 126 Å². The number of nitrogen functional groups attached to an aromatic ring is 2. The van der Waals surface area contributed by atoms with Crippen LogP contribution in [0.15, 0.2) is 91.8 Å². The minimum atomic E-state index is -1.54. The van der Waals surface area contributed by atoms with Crippen molar-refractivity contribution in [3.8, 4) is 11.1 Å². The topological polar surface area (TPSA) is 186 Å². The largest absolute Gasteiger partial charge is 0.491 e. The number of nitrogens with zero attached hydrogens (tertiary/aromatic N) is 6. The molecule has 0 aliphatic carbocycles. The molecular weight excluding hydrogens is 833 g/mol. The van der Waals surface area contributed by atoms with E-state index in [1.54, 1.807) is 61.3 Å². The Balaban J connectivity index is 0.000000148. The number of rotatable bonds is 2. The lowest BCUT2D eigenvalue weighted by molar-refractivity contribution is 0.425. The number of aromatic amines is 1. The molecular formula is C30H22BCl5IN9O2. The quantitative estimate of drug-likeness (QED) is 0.0681. The predicted molar refractivity (Wildman–Crippen MR) is 204 cm³/mol. The molecule has 7 N–H and O–H groups in total. The lowest BCUT2D eigenvalue weighted by atomic mass is 9.82. The third-order valence-electron chi connectivity index (χ3n) is 6.09. The van der Waals surface area contributed by atoms with E-state index < -0.39 is 7.12 Å². The van der Waals surface area contributed by atoms with Crippen LogP contribution in [0, 0.1) is 3.57 Å². The number of nitrogens with one attached hydrogen (secondary N) is 1. The molecule has 0 unspecified atom stereocenters. The summed E-state index contributed by atoms with van der Waals surface area (Å²) in [6.45, 7) is 0. The Kier molecular flexibility index (Phi) is 13.8. The Morgan fingerprint density at radius 3 is 1.81 bits per heavy atom. The van der Waals surface area contributed by atoms with Gasteiger partial charge in [-0.1, -0.05) is 64.1 Å². The summed E-state index contributed by atoms with van der Waals surface area (Å²) in [5.74, 6) is 0. The second-order valence-electron chi connectivity index (χ2n) is 9.30. The van der Waals surface area contributed by atoms with Crippen LogP contribution >= 0.6 is 80.6 Å². The van der Waals surface area contributed by atoms with Crippen molar-refractivity contribution in [2.45, 2.75) is 0 Å². The summed E-state index contributed by atoms with van der Waals surface area (Å²) < 4.78 is 0.928. The molecule has 7 heterocycles. The standard InChI is InChI=1S/C10H7Cl2N3.C10H6ClN3.C5H5BClNO2.C5H4ClIN2/c11-9-4-8(13)7(5-15-9)6-2-1-3-14-10(6)12;11-9-4-8-7(5-13-9)6-2-1-3-12-10(6)14-8;7-5-4(6(9)10)2-1-3-8-5;6-5-1-4(8)3(7)2-9-5/h1-5H,(H2,13,15);1-5H,(H,12,14);1-3,9-10H;1-2H,(H2,8,9). The number of nitrogens with two attached hydrogens (primary N) is 2. The Bertz CT molecular complexity index is 2160. The van der Waals surface area contributed by atoms with Crippen LogP contribution in [0.4, 0.5) is 11.4 Å². The molecule has 7 rings (SSSR count). The molecule has 18 heteroatoms. The van der Waals surface area contributed by atoms with Crippen LogP contribution in [0.1, 0.15) is 0 Å². The third-order valence-corrected chi connectivity index (χ3v) is 8.23. The van der Waals surface area contributed by atoms with Gasteiger partial charge in [-0.15, -0.1) is 0 Å².